The van der Waals surface area contributed by atoms with Crippen LogP contribution in [0, 0.1) is 30.5 Å². The zero-order valence-electron chi connectivity index (χ0n) is 19.8. The summed E-state index contributed by atoms with van der Waals surface area (Å²) >= 11 is 0. The van der Waals surface area contributed by atoms with E-state index in [1.165, 1.54) is 12.1 Å². The highest BCUT2D eigenvalue weighted by Crippen LogP contribution is 2.61. The number of carboxylic acid groups (broad SMARTS) is 1. The first-order valence-electron chi connectivity index (χ1n) is 12.0. The van der Waals surface area contributed by atoms with Gasteiger partial charge >= 0.3 is 12.6 Å². The van der Waals surface area contributed by atoms with E-state index in [1.54, 1.807) is 48.1 Å². The molecule has 2 fully saturated rings. The molecule has 0 aliphatic heterocycles. The summed E-state index contributed by atoms with van der Waals surface area (Å²) < 4.78 is 47.3. The summed E-state index contributed by atoms with van der Waals surface area (Å²) in [5.41, 5.74) is 3.11. The van der Waals surface area contributed by atoms with Crippen molar-refractivity contribution in [2.75, 3.05) is 0 Å². The molecule has 1 N–H and O–H groups in total. The van der Waals surface area contributed by atoms with Crippen LogP contribution in [0.1, 0.15) is 41.5 Å². The Hall–Kier alpha value is -3.95. The molecule has 0 saturated heterocycles. The Kier molecular flexibility index (Phi) is 5.62. The average molecular weight is 509 g/mol. The molecule has 1 aromatic carbocycles. The summed E-state index contributed by atoms with van der Waals surface area (Å²) in [6, 6.07) is 7.89. The smallest absolute Gasteiger partial charge is 0.387 e. The van der Waals surface area contributed by atoms with E-state index in [4.69, 9.17) is 0 Å². The van der Waals surface area contributed by atoms with E-state index < -0.39 is 18.4 Å². The Morgan fingerprint density at radius 2 is 1.89 bits per heavy atom. The normalized spacial score (nSPS) is 22.4. The second-order valence-corrected chi connectivity index (χ2v) is 9.76. The summed E-state index contributed by atoms with van der Waals surface area (Å²) in [7, 11) is 0. The number of rotatable bonds is 7. The molecule has 37 heavy (non-hydrogen) atoms. The van der Waals surface area contributed by atoms with Crippen LogP contribution in [-0.4, -0.2) is 37.0 Å². The minimum absolute atomic E-state index is 0.0809. The summed E-state index contributed by atoms with van der Waals surface area (Å²) in [5.74, 6) is -0.199. The van der Waals surface area contributed by atoms with Gasteiger partial charge in [0.05, 0.1) is 11.6 Å². The monoisotopic (exact) mass is 508 g/mol. The van der Waals surface area contributed by atoms with Gasteiger partial charge < -0.3 is 14.2 Å². The number of aliphatic carboxylic acids is 1. The van der Waals surface area contributed by atoms with Gasteiger partial charge in [-0.05, 0) is 37.7 Å². The number of aryl methyl sites for hydroxylation is 1. The number of hydrogen-bond acceptors (Lipinski definition) is 5. The number of carboxylic acids is 1. The highest BCUT2D eigenvalue weighted by atomic mass is 19.3. The molecule has 2 aliphatic carbocycles. The number of para-hydroxylation sites is 1. The number of alkyl halides is 2. The fourth-order valence-corrected chi connectivity index (χ4v) is 5.80. The number of carbonyl (C=O) groups is 1. The van der Waals surface area contributed by atoms with Crippen LogP contribution in [0.3, 0.4) is 0 Å². The maximum absolute atomic E-state index is 15.1. The van der Waals surface area contributed by atoms with E-state index in [0.717, 1.165) is 18.5 Å². The molecule has 7 nitrogen and oxygen atoms in total. The van der Waals surface area contributed by atoms with Crippen LogP contribution in [0.5, 0.6) is 5.75 Å². The van der Waals surface area contributed by atoms with Crippen molar-refractivity contribution < 1.29 is 27.8 Å². The number of pyridine rings is 1. The number of halogens is 3. The molecule has 2 atom stereocenters. The number of hydrogen-bond donors (Lipinski definition) is 1. The van der Waals surface area contributed by atoms with Gasteiger partial charge in [0.1, 0.15) is 23.0 Å². The molecule has 0 amide bonds. The standard InChI is InChI=1S/C27H23F3N4O3/c1-13-21(8-14-4-2-3-5-22(14)37-27(29)30)34-12-19(20(28)9-23(34)33-13)16-10-31-25(32-11-16)15-6-17-18(7-15)24(17)26(35)36/h2-5,9-12,15,17-18,24,27H,6-8H2,1H3,(H,35,36). The first-order chi connectivity index (χ1) is 17.8. The zero-order valence-corrected chi connectivity index (χ0v) is 19.8. The van der Waals surface area contributed by atoms with Crippen molar-refractivity contribution in [1.29, 1.82) is 0 Å². The average Bonchev–Trinajstić information content (AvgIpc) is 3.22. The van der Waals surface area contributed by atoms with E-state index in [1.807, 2.05) is 0 Å². The quantitative estimate of drug-likeness (QED) is 0.367. The predicted molar refractivity (Wildman–Crippen MR) is 127 cm³/mol. The van der Waals surface area contributed by atoms with Crippen LogP contribution in [0.25, 0.3) is 16.8 Å². The van der Waals surface area contributed by atoms with Crippen molar-refractivity contribution in [3.8, 4) is 16.9 Å². The summed E-state index contributed by atoms with van der Waals surface area (Å²) in [6.07, 6.45) is 6.57. The van der Waals surface area contributed by atoms with Crippen LogP contribution >= 0.6 is 0 Å². The molecule has 3 aromatic heterocycles. The van der Waals surface area contributed by atoms with Gasteiger partial charge in [0.25, 0.3) is 0 Å². The molecule has 2 unspecified atom stereocenters. The third-order valence-electron chi connectivity index (χ3n) is 7.63. The van der Waals surface area contributed by atoms with Gasteiger partial charge in [-0.1, -0.05) is 18.2 Å². The molecule has 0 radical (unpaired) electrons. The number of fused-ring (bicyclic) bond motifs is 2. The Balaban J connectivity index is 1.28. The van der Waals surface area contributed by atoms with Crippen molar-refractivity contribution in [2.24, 2.45) is 17.8 Å². The highest BCUT2D eigenvalue weighted by molar-refractivity contribution is 5.74. The minimum atomic E-state index is -2.94. The molecular weight excluding hydrogens is 485 g/mol. The lowest BCUT2D eigenvalue weighted by molar-refractivity contribution is -0.139. The first-order valence-corrected chi connectivity index (χ1v) is 12.0. The molecule has 2 aliphatic rings. The predicted octanol–water partition coefficient (Wildman–Crippen LogP) is 5.26. The van der Waals surface area contributed by atoms with Gasteiger partial charge in [0, 0.05) is 59.4 Å². The zero-order chi connectivity index (χ0) is 25.8. The number of nitrogens with zero attached hydrogens (tertiary/aromatic N) is 4. The van der Waals surface area contributed by atoms with Gasteiger partial charge in [-0.25, -0.2) is 19.3 Å². The highest BCUT2D eigenvalue weighted by Gasteiger charge is 2.60. The Morgan fingerprint density at radius 3 is 2.57 bits per heavy atom. The maximum atomic E-state index is 15.1. The lowest BCUT2D eigenvalue weighted by atomic mass is 9.99. The number of aromatic nitrogens is 4. The van der Waals surface area contributed by atoms with Crippen LogP contribution in [-0.2, 0) is 11.2 Å². The molecule has 0 bridgehead atoms. The second-order valence-electron chi connectivity index (χ2n) is 9.76. The van der Waals surface area contributed by atoms with Gasteiger partial charge in [-0.3, -0.25) is 4.79 Å². The SMILES string of the molecule is Cc1nc2cc(F)c(-c3cnc(C4CC5C(C4)C5C(=O)O)nc3)cn2c1Cc1ccccc1OC(F)F. The number of imidazole rings is 1. The molecule has 190 valence electrons. The first kappa shape index (κ1) is 23.4. The minimum Gasteiger partial charge on any atom is -0.481 e. The Labute approximate surface area is 210 Å². The fourth-order valence-electron chi connectivity index (χ4n) is 5.80. The summed E-state index contributed by atoms with van der Waals surface area (Å²) in [4.78, 5) is 24.6. The van der Waals surface area contributed by atoms with Crippen molar-refractivity contribution in [3.05, 3.63) is 77.5 Å². The lowest BCUT2D eigenvalue weighted by Gasteiger charge is -2.13. The fraction of sp³-hybridized carbons (Fsp3) is 0.333. The topological polar surface area (TPSA) is 89.6 Å². The van der Waals surface area contributed by atoms with Gasteiger partial charge in [0.15, 0.2) is 0 Å². The molecule has 10 heteroatoms. The molecule has 4 aromatic rings. The van der Waals surface area contributed by atoms with Crippen molar-refractivity contribution in [1.82, 2.24) is 19.4 Å². The van der Waals surface area contributed by atoms with Crippen LogP contribution in [0.15, 0.2) is 48.9 Å². The third-order valence-corrected chi connectivity index (χ3v) is 7.63. The van der Waals surface area contributed by atoms with E-state index >= 15 is 4.39 Å². The van der Waals surface area contributed by atoms with Crippen molar-refractivity contribution >= 4 is 11.6 Å². The second kappa shape index (κ2) is 8.86. The van der Waals surface area contributed by atoms with E-state index in [-0.39, 0.29) is 41.4 Å². The Bertz CT molecular complexity index is 1490. The molecule has 2 saturated carbocycles. The molecule has 0 spiro atoms. The Morgan fingerprint density at radius 1 is 1.19 bits per heavy atom. The van der Waals surface area contributed by atoms with E-state index in [0.29, 0.717) is 28.3 Å². The van der Waals surface area contributed by atoms with Gasteiger partial charge in [0.2, 0.25) is 0 Å². The maximum Gasteiger partial charge on any atom is 0.387 e. The lowest BCUT2D eigenvalue weighted by Crippen LogP contribution is -2.09. The van der Waals surface area contributed by atoms with Crippen LogP contribution < -0.4 is 4.74 Å². The van der Waals surface area contributed by atoms with Gasteiger partial charge in [-0.15, -0.1) is 0 Å². The van der Waals surface area contributed by atoms with Gasteiger partial charge in [-0.2, -0.15) is 8.78 Å². The molecule has 3 heterocycles. The summed E-state index contributed by atoms with van der Waals surface area (Å²) in [5, 5.41) is 9.22. The largest absolute Gasteiger partial charge is 0.481 e. The number of ether oxygens (including phenoxy) is 1. The van der Waals surface area contributed by atoms with Crippen molar-refractivity contribution in [2.45, 2.75) is 38.7 Å². The van der Waals surface area contributed by atoms with E-state index in [2.05, 4.69) is 19.7 Å². The third kappa shape index (κ3) is 4.20. The van der Waals surface area contributed by atoms with Crippen LogP contribution in [0.2, 0.25) is 0 Å². The molecule has 6 rings (SSSR count). The van der Waals surface area contributed by atoms with E-state index in [9.17, 15) is 18.7 Å². The summed E-state index contributed by atoms with van der Waals surface area (Å²) in [6.45, 7) is -1.16. The molecular formula is C27H23F3N4O3. The van der Waals surface area contributed by atoms with Crippen LogP contribution in [0.4, 0.5) is 13.2 Å². The van der Waals surface area contributed by atoms with Crippen molar-refractivity contribution in [3.63, 3.8) is 0 Å². The number of benzene rings is 1.